The molecule has 132 valence electrons. The highest BCUT2D eigenvalue weighted by Gasteiger charge is 2.33. The number of halogens is 6. The fourth-order valence-corrected chi connectivity index (χ4v) is 2.71. The summed E-state index contributed by atoms with van der Waals surface area (Å²) in [6, 6.07) is 3.45. The molecule has 2 aromatic rings. The van der Waals surface area contributed by atoms with Gasteiger partial charge in [-0.15, -0.1) is 0 Å². The lowest BCUT2D eigenvalue weighted by Crippen LogP contribution is -2.14. The smallest absolute Gasteiger partial charge is 0.446 e. The van der Waals surface area contributed by atoms with Crippen LogP contribution in [0.4, 0.5) is 26.3 Å². The molecule has 0 N–H and O–H groups in total. The van der Waals surface area contributed by atoms with E-state index in [0.29, 0.717) is 0 Å². The fraction of sp³-hybridized carbons (Fsp3) is 0. The van der Waals surface area contributed by atoms with E-state index in [9.17, 15) is 41.0 Å². The van der Waals surface area contributed by atoms with Crippen LogP contribution in [0.1, 0.15) is 5.56 Å². The van der Waals surface area contributed by atoms with E-state index in [2.05, 4.69) is 0 Å². The van der Waals surface area contributed by atoms with Gasteiger partial charge >= 0.3 is 5.03 Å². The molecule has 0 aliphatic rings. The largest absolute Gasteiger partial charge is 0.602 e. The van der Waals surface area contributed by atoms with Crippen molar-refractivity contribution >= 4 is 17.3 Å². The number of benzene rings is 2. The molecule has 25 heavy (non-hydrogen) atoms. The van der Waals surface area contributed by atoms with E-state index in [-0.39, 0.29) is 11.0 Å². The van der Waals surface area contributed by atoms with Crippen molar-refractivity contribution in [1.82, 2.24) is 0 Å². The highest BCUT2D eigenvalue weighted by atomic mass is 32.2. The SMILES string of the molecule is O=[N+]([O-])/C(=C/c1c(F)c(F)c(F)c(F)c1F)[S+]([O-])c1ccc(F)cc1. The van der Waals surface area contributed by atoms with Gasteiger partial charge in [0, 0.05) is 0 Å². The number of nitrogens with zero attached hydrogens (tertiary/aromatic N) is 1. The molecule has 0 aliphatic heterocycles. The third-order valence-electron chi connectivity index (χ3n) is 2.91. The highest BCUT2D eigenvalue weighted by Crippen LogP contribution is 2.28. The van der Waals surface area contributed by atoms with Gasteiger partial charge in [-0.1, -0.05) is 0 Å². The van der Waals surface area contributed by atoms with E-state index in [1.54, 1.807) is 0 Å². The maximum absolute atomic E-state index is 13.6. The summed E-state index contributed by atoms with van der Waals surface area (Å²) in [5.41, 5.74) is -1.61. The molecular formula is C14H5F6NO3S. The fourth-order valence-electron chi connectivity index (χ4n) is 1.72. The van der Waals surface area contributed by atoms with E-state index in [0.717, 1.165) is 24.3 Å². The number of rotatable bonds is 4. The number of hydrogen-bond donors (Lipinski definition) is 0. The van der Waals surface area contributed by atoms with Crippen molar-refractivity contribution in [3.8, 4) is 0 Å². The molecule has 0 radical (unpaired) electrons. The van der Waals surface area contributed by atoms with E-state index < -0.39 is 61.6 Å². The van der Waals surface area contributed by atoms with Gasteiger partial charge in [-0.05, 0) is 24.3 Å². The number of nitro groups is 1. The molecule has 2 rings (SSSR count). The Morgan fingerprint density at radius 2 is 1.32 bits per heavy atom. The van der Waals surface area contributed by atoms with Crippen molar-refractivity contribution < 1.29 is 35.8 Å². The lowest BCUT2D eigenvalue weighted by molar-refractivity contribution is -0.410. The number of hydrogen-bond acceptors (Lipinski definition) is 3. The maximum Gasteiger partial charge on any atom is 0.446 e. The summed E-state index contributed by atoms with van der Waals surface area (Å²) in [5.74, 6) is -12.4. The minimum atomic E-state index is -2.67. The van der Waals surface area contributed by atoms with Gasteiger partial charge in [-0.3, -0.25) is 10.1 Å². The van der Waals surface area contributed by atoms with Crippen molar-refractivity contribution in [2.24, 2.45) is 0 Å². The van der Waals surface area contributed by atoms with Crippen molar-refractivity contribution in [3.05, 3.63) is 79.9 Å². The molecule has 0 spiro atoms. The zero-order chi connectivity index (χ0) is 18.9. The molecule has 1 unspecified atom stereocenters. The summed E-state index contributed by atoms with van der Waals surface area (Å²) in [4.78, 5) is 9.39. The molecule has 0 amide bonds. The normalized spacial score (nSPS) is 13.0. The molecule has 0 bridgehead atoms. The van der Waals surface area contributed by atoms with Gasteiger partial charge in [0.2, 0.25) is 5.82 Å². The molecule has 4 nitrogen and oxygen atoms in total. The van der Waals surface area contributed by atoms with Crippen LogP contribution in [0.3, 0.4) is 0 Å². The van der Waals surface area contributed by atoms with Gasteiger partial charge in [0.05, 0.1) is 22.8 Å². The van der Waals surface area contributed by atoms with Gasteiger partial charge in [-0.25, -0.2) is 26.3 Å². The van der Waals surface area contributed by atoms with Crippen molar-refractivity contribution in [2.45, 2.75) is 4.90 Å². The second kappa shape index (κ2) is 7.15. The summed E-state index contributed by atoms with van der Waals surface area (Å²) in [5, 5.41) is 9.66. The molecular weight excluding hydrogens is 376 g/mol. The summed E-state index contributed by atoms with van der Waals surface area (Å²) >= 11 is -2.67. The third kappa shape index (κ3) is 3.61. The quantitative estimate of drug-likeness (QED) is 0.201. The molecule has 0 fully saturated rings. The molecule has 0 saturated heterocycles. The lowest BCUT2D eigenvalue weighted by atomic mass is 10.1. The Morgan fingerprint density at radius 3 is 1.76 bits per heavy atom. The molecule has 0 aliphatic carbocycles. The van der Waals surface area contributed by atoms with Crippen LogP contribution in [-0.2, 0) is 11.2 Å². The minimum Gasteiger partial charge on any atom is -0.602 e. The van der Waals surface area contributed by atoms with Crippen LogP contribution in [0.15, 0.2) is 34.2 Å². The van der Waals surface area contributed by atoms with E-state index in [1.165, 1.54) is 0 Å². The molecule has 11 heteroatoms. The van der Waals surface area contributed by atoms with Crippen LogP contribution >= 0.6 is 0 Å². The first-order valence-corrected chi connectivity index (χ1v) is 7.35. The Balaban J connectivity index is 2.62. The zero-order valence-corrected chi connectivity index (χ0v) is 12.6. The summed E-state index contributed by atoms with van der Waals surface area (Å²) in [6.45, 7) is 0. The summed E-state index contributed by atoms with van der Waals surface area (Å²) in [6.07, 6.45) is -0.0181. The minimum absolute atomic E-state index is 0.0181. The predicted molar refractivity (Wildman–Crippen MR) is 74.0 cm³/mol. The molecule has 0 aromatic heterocycles. The van der Waals surface area contributed by atoms with Gasteiger partial charge in [0.25, 0.3) is 0 Å². The van der Waals surface area contributed by atoms with E-state index in [1.807, 2.05) is 0 Å². The molecule has 2 aromatic carbocycles. The van der Waals surface area contributed by atoms with Crippen molar-refractivity contribution in [3.63, 3.8) is 0 Å². The maximum atomic E-state index is 13.6. The van der Waals surface area contributed by atoms with Gasteiger partial charge in [0.15, 0.2) is 28.2 Å². The molecule has 1 atom stereocenters. The van der Waals surface area contributed by atoms with Crippen LogP contribution in [0, 0.1) is 45.0 Å². The first-order valence-electron chi connectivity index (χ1n) is 6.20. The standard InChI is InChI=1S/C14H5F6NO3S/c15-6-1-3-7(4-2-6)25(24)9(21(22)23)5-8-10(16)12(18)14(20)13(19)11(8)17/h1-5H/b9-5-. The lowest BCUT2D eigenvalue weighted by Gasteiger charge is -2.08. The first kappa shape index (κ1) is 18.8. The van der Waals surface area contributed by atoms with Crippen LogP contribution < -0.4 is 0 Å². The Labute approximate surface area is 138 Å². The Morgan fingerprint density at radius 1 is 0.880 bits per heavy atom. The average molecular weight is 381 g/mol. The van der Waals surface area contributed by atoms with Gasteiger partial charge in [-0.2, -0.15) is 0 Å². The van der Waals surface area contributed by atoms with Crippen molar-refractivity contribution in [1.29, 1.82) is 0 Å². The molecule has 0 heterocycles. The summed E-state index contributed by atoms with van der Waals surface area (Å²) in [7, 11) is 0. The Hall–Kier alpha value is -2.53. The first-order chi connectivity index (χ1) is 11.6. The second-order valence-corrected chi connectivity index (χ2v) is 5.87. The Bertz CT molecular complexity index is 843. The average Bonchev–Trinajstić information content (AvgIpc) is 2.58. The van der Waals surface area contributed by atoms with E-state index in [4.69, 9.17) is 0 Å². The van der Waals surface area contributed by atoms with Crippen LogP contribution in [0.25, 0.3) is 6.08 Å². The Kier molecular flexibility index (Phi) is 5.38. The van der Waals surface area contributed by atoms with Gasteiger partial charge in [0.1, 0.15) is 10.7 Å². The molecule has 0 saturated carbocycles. The van der Waals surface area contributed by atoms with Crippen LogP contribution in [0.2, 0.25) is 0 Å². The van der Waals surface area contributed by atoms with E-state index >= 15 is 0 Å². The summed E-state index contributed by atoms with van der Waals surface area (Å²) < 4.78 is 91.4. The highest BCUT2D eigenvalue weighted by molar-refractivity contribution is 7.95. The van der Waals surface area contributed by atoms with Crippen LogP contribution in [-0.4, -0.2) is 9.48 Å². The van der Waals surface area contributed by atoms with Crippen molar-refractivity contribution in [2.75, 3.05) is 0 Å². The monoisotopic (exact) mass is 381 g/mol. The third-order valence-corrected chi connectivity index (χ3v) is 4.26. The predicted octanol–water partition coefficient (Wildman–Crippen LogP) is 3.90. The van der Waals surface area contributed by atoms with Crippen LogP contribution in [0.5, 0.6) is 0 Å². The van der Waals surface area contributed by atoms with Gasteiger partial charge < -0.3 is 4.55 Å². The second-order valence-electron chi connectivity index (χ2n) is 4.45. The zero-order valence-electron chi connectivity index (χ0n) is 11.7. The topological polar surface area (TPSA) is 66.2 Å².